The highest BCUT2D eigenvalue weighted by Crippen LogP contribution is 2.34. The lowest BCUT2D eigenvalue weighted by molar-refractivity contribution is -0.137. The predicted octanol–water partition coefficient (Wildman–Crippen LogP) is 3.85. The van der Waals surface area contributed by atoms with Gasteiger partial charge in [0.15, 0.2) is 5.82 Å². The largest absolute Gasteiger partial charge is 0.416 e. The minimum absolute atomic E-state index is 0.133. The molecule has 3 aromatic rings. The number of hydrogen-bond acceptors (Lipinski definition) is 4. The maximum atomic E-state index is 13.2. The molecule has 2 aromatic carbocycles. The van der Waals surface area contributed by atoms with Gasteiger partial charge in [-0.15, -0.1) is 0 Å². The van der Waals surface area contributed by atoms with E-state index in [-0.39, 0.29) is 17.1 Å². The van der Waals surface area contributed by atoms with E-state index in [0.29, 0.717) is 16.7 Å². The number of aromatic nitrogens is 3. The molecule has 0 bridgehead atoms. The molecule has 0 saturated heterocycles. The average Bonchev–Trinajstić information content (AvgIpc) is 3.06. The van der Waals surface area contributed by atoms with E-state index < -0.39 is 27.5 Å². The van der Waals surface area contributed by atoms with E-state index in [2.05, 4.69) is 10.1 Å². The van der Waals surface area contributed by atoms with Crippen molar-refractivity contribution in [2.75, 3.05) is 4.72 Å². The van der Waals surface area contributed by atoms with E-state index in [1.165, 1.54) is 6.08 Å². The van der Waals surface area contributed by atoms with Gasteiger partial charge in [0.1, 0.15) is 0 Å². The third-order valence-electron chi connectivity index (χ3n) is 3.63. The Kier molecular flexibility index (Phi) is 5.53. The molecule has 1 aromatic heterocycles. The van der Waals surface area contributed by atoms with Crippen LogP contribution in [0.1, 0.15) is 11.1 Å². The summed E-state index contributed by atoms with van der Waals surface area (Å²) in [6.45, 7) is 0. The smallest absolute Gasteiger partial charge is 0.289 e. The molecule has 0 amide bonds. The summed E-state index contributed by atoms with van der Waals surface area (Å²) in [6.07, 6.45) is -3.54. The maximum Gasteiger partial charge on any atom is 0.416 e. The van der Waals surface area contributed by atoms with Crippen molar-refractivity contribution in [1.29, 1.82) is 0 Å². The molecule has 0 aliphatic carbocycles. The van der Waals surface area contributed by atoms with Crippen molar-refractivity contribution in [3.63, 3.8) is 0 Å². The number of hydrogen-bond donors (Lipinski definition) is 3. The number of aromatic amines is 2. The molecule has 152 valence electrons. The Balaban J connectivity index is 1.97. The molecule has 1 heterocycles. The Morgan fingerprint density at radius 1 is 1.14 bits per heavy atom. The van der Waals surface area contributed by atoms with Crippen LogP contribution in [0.25, 0.3) is 17.5 Å². The lowest BCUT2D eigenvalue weighted by Gasteiger charge is -2.12. The number of halogens is 4. The summed E-state index contributed by atoms with van der Waals surface area (Å²) in [4.78, 5) is 13.4. The van der Waals surface area contributed by atoms with Crippen molar-refractivity contribution in [2.24, 2.45) is 0 Å². The Morgan fingerprint density at radius 3 is 2.48 bits per heavy atom. The van der Waals surface area contributed by atoms with E-state index in [1.807, 2.05) is 9.82 Å². The minimum Gasteiger partial charge on any atom is -0.289 e. The van der Waals surface area contributed by atoms with Crippen molar-refractivity contribution in [3.8, 4) is 11.4 Å². The van der Waals surface area contributed by atoms with Crippen LogP contribution in [0, 0.1) is 0 Å². The van der Waals surface area contributed by atoms with Crippen LogP contribution in [0.15, 0.2) is 52.7 Å². The molecule has 3 N–H and O–H groups in total. The molecular formula is C17H12ClF3N4O3S. The molecule has 29 heavy (non-hydrogen) atoms. The fourth-order valence-corrected chi connectivity index (χ4v) is 3.40. The van der Waals surface area contributed by atoms with Gasteiger partial charge in [-0.1, -0.05) is 29.8 Å². The van der Waals surface area contributed by atoms with Crippen LogP contribution >= 0.6 is 11.6 Å². The van der Waals surface area contributed by atoms with E-state index in [9.17, 15) is 26.4 Å². The van der Waals surface area contributed by atoms with Gasteiger partial charge in [-0.3, -0.25) is 9.71 Å². The quantitative estimate of drug-likeness (QED) is 0.555. The normalized spacial score (nSPS) is 12.4. The van der Waals surface area contributed by atoms with Gasteiger partial charge >= 0.3 is 11.9 Å². The van der Waals surface area contributed by atoms with Crippen LogP contribution in [0.2, 0.25) is 5.02 Å². The van der Waals surface area contributed by atoms with Crippen LogP contribution in [-0.4, -0.2) is 23.6 Å². The lowest BCUT2D eigenvalue weighted by Crippen LogP contribution is -2.11. The lowest BCUT2D eigenvalue weighted by atomic mass is 10.1. The molecule has 0 radical (unpaired) electrons. The third kappa shape index (κ3) is 5.27. The van der Waals surface area contributed by atoms with Gasteiger partial charge in [0.05, 0.1) is 16.7 Å². The Morgan fingerprint density at radius 2 is 1.86 bits per heavy atom. The standard InChI is InChI=1S/C17H12ClF3N4O3S/c18-14-4-2-1-3-10(14)5-6-29(27,28)25-13-8-11(15-22-16(26)24-23-15)7-12(9-13)17(19,20)21/h1-9,25H,(H2,22,23,24,26). The number of sulfonamides is 1. The molecule has 0 fully saturated rings. The number of benzene rings is 2. The van der Waals surface area contributed by atoms with Crippen molar-refractivity contribution in [2.45, 2.75) is 6.18 Å². The Labute approximate surface area is 167 Å². The first kappa shape index (κ1) is 20.7. The first-order valence-electron chi connectivity index (χ1n) is 7.86. The molecule has 0 aliphatic rings. The molecule has 0 aliphatic heterocycles. The second kappa shape index (κ2) is 7.76. The highest BCUT2D eigenvalue weighted by atomic mass is 35.5. The molecule has 3 rings (SSSR count). The highest BCUT2D eigenvalue weighted by Gasteiger charge is 2.32. The summed E-state index contributed by atoms with van der Waals surface area (Å²) >= 11 is 5.94. The molecule has 0 spiro atoms. The maximum absolute atomic E-state index is 13.2. The zero-order valence-electron chi connectivity index (χ0n) is 14.3. The van der Waals surface area contributed by atoms with Gasteiger partial charge in [0.2, 0.25) is 0 Å². The number of alkyl halides is 3. The van der Waals surface area contributed by atoms with E-state index in [1.54, 1.807) is 24.3 Å². The zero-order chi connectivity index (χ0) is 21.2. The van der Waals surface area contributed by atoms with Crippen molar-refractivity contribution >= 4 is 33.4 Å². The molecule has 0 atom stereocenters. The number of rotatable bonds is 5. The van der Waals surface area contributed by atoms with Gasteiger partial charge in [0.25, 0.3) is 10.0 Å². The average molecular weight is 445 g/mol. The molecule has 12 heteroatoms. The number of H-pyrrole nitrogens is 2. The second-order valence-corrected chi connectivity index (χ2v) is 7.77. The minimum atomic E-state index is -4.75. The fraction of sp³-hybridized carbons (Fsp3) is 0.0588. The summed E-state index contributed by atoms with van der Waals surface area (Å²) in [5.41, 5.74) is -1.92. The van der Waals surface area contributed by atoms with Crippen LogP contribution in [0.5, 0.6) is 0 Å². The van der Waals surface area contributed by atoms with Crippen molar-refractivity contribution in [3.05, 3.63) is 74.5 Å². The van der Waals surface area contributed by atoms with Gasteiger partial charge in [0, 0.05) is 10.6 Å². The summed E-state index contributed by atoms with van der Waals surface area (Å²) in [7, 11) is -4.16. The fourth-order valence-electron chi connectivity index (χ4n) is 2.37. The van der Waals surface area contributed by atoms with Crippen molar-refractivity contribution in [1.82, 2.24) is 15.2 Å². The number of anilines is 1. The Bertz CT molecular complexity index is 1230. The van der Waals surface area contributed by atoms with Gasteiger partial charge in [-0.2, -0.15) is 18.3 Å². The highest BCUT2D eigenvalue weighted by molar-refractivity contribution is 7.95. The summed E-state index contributed by atoms with van der Waals surface area (Å²) in [5, 5.41) is 6.69. The molecule has 0 saturated carbocycles. The molecular weight excluding hydrogens is 433 g/mol. The van der Waals surface area contributed by atoms with Crippen LogP contribution in [0.4, 0.5) is 18.9 Å². The van der Waals surface area contributed by atoms with E-state index in [4.69, 9.17) is 11.6 Å². The zero-order valence-corrected chi connectivity index (χ0v) is 15.9. The monoisotopic (exact) mass is 444 g/mol. The second-order valence-electron chi connectivity index (χ2n) is 5.79. The van der Waals surface area contributed by atoms with Crippen LogP contribution in [-0.2, 0) is 16.2 Å². The van der Waals surface area contributed by atoms with Gasteiger partial charge in [-0.05, 0) is 35.9 Å². The third-order valence-corrected chi connectivity index (χ3v) is 4.99. The summed E-state index contributed by atoms with van der Waals surface area (Å²) < 4.78 is 66.3. The van der Waals surface area contributed by atoms with E-state index in [0.717, 1.165) is 17.5 Å². The van der Waals surface area contributed by atoms with Crippen LogP contribution in [0.3, 0.4) is 0 Å². The van der Waals surface area contributed by atoms with E-state index >= 15 is 0 Å². The van der Waals surface area contributed by atoms with Gasteiger partial charge < -0.3 is 0 Å². The topological polar surface area (TPSA) is 108 Å². The van der Waals surface area contributed by atoms with Crippen molar-refractivity contribution < 1.29 is 21.6 Å². The molecule has 7 nitrogen and oxygen atoms in total. The molecule has 0 unspecified atom stereocenters. The SMILES string of the molecule is O=c1[nH]nc(-c2cc(NS(=O)(=O)C=Cc3ccccc3Cl)cc(C(F)(F)F)c2)[nH]1. The number of nitrogens with zero attached hydrogens (tertiary/aromatic N) is 1. The first-order chi connectivity index (χ1) is 13.5. The van der Waals surface area contributed by atoms with Crippen LogP contribution < -0.4 is 10.4 Å². The first-order valence-corrected chi connectivity index (χ1v) is 9.79. The number of nitrogens with one attached hydrogen (secondary N) is 3. The summed E-state index contributed by atoms with van der Waals surface area (Å²) in [6, 6.07) is 8.93. The summed E-state index contributed by atoms with van der Waals surface area (Å²) in [5.74, 6) is -0.173. The Hall–Kier alpha value is -3.05. The van der Waals surface area contributed by atoms with Gasteiger partial charge in [-0.25, -0.2) is 18.3 Å². The predicted molar refractivity (Wildman–Crippen MR) is 103 cm³/mol.